The zero-order valence-electron chi connectivity index (χ0n) is 11.1. The molecule has 0 fully saturated rings. The van der Waals surface area contributed by atoms with Crippen LogP contribution in [0.4, 0.5) is 0 Å². The van der Waals surface area contributed by atoms with Crippen LogP contribution in [-0.4, -0.2) is 31.5 Å². The van der Waals surface area contributed by atoms with Crippen LogP contribution in [0, 0.1) is 6.92 Å². The summed E-state index contributed by atoms with van der Waals surface area (Å²) in [6, 6.07) is 2.00. The molecule has 0 spiro atoms. The molecule has 0 bridgehead atoms. The molecule has 0 saturated carbocycles. The second kappa shape index (κ2) is 7.37. The largest absolute Gasteiger partial charge is 0.351 e. The van der Waals surface area contributed by atoms with Crippen LogP contribution in [-0.2, 0) is 9.47 Å². The number of hydrogen-bond acceptors (Lipinski definition) is 4. The van der Waals surface area contributed by atoms with Gasteiger partial charge >= 0.3 is 0 Å². The van der Waals surface area contributed by atoms with Gasteiger partial charge in [0.1, 0.15) is 0 Å². The maximum Gasteiger partial charge on any atom is 0.176 e. The molecule has 1 atom stereocenters. The van der Waals surface area contributed by atoms with Gasteiger partial charge in [0.05, 0.1) is 6.04 Å². The van der Waals surface area contributed by atoms with Crippen molar-refractivity contribution in [1.29, 1.82) is 0 Å². The van der Waals surface area contributed by atoms with E-state index >= 15 is 0 Å². The Morgan fingerprint density at radius 1 is 1.29 bits per heavy atom. The summed E-state index contributed by atoms with van der Waals surface area (Å²) in [6.07, 6.45) is 3.38. The highest BCUT2D eigenvalue weighted by Crippen LogP contribution is 2.22. The number of hydrogen-bond donors (Lipinski definition) is 1. The van der Waals surface area contributed by atoms with Crippen LogP contribution in [0.25, 0.3) is 0 Å². The quantitative estimate of drug-likeness (QED) is 0.738. The molecular weight excluding hydrogens is 216 g/mol. The van der Waals surface area contributed by atoms with Gasteiger partial charge in [-0.05, 0) is 45.0 Å². The molecule has 96 valence electrons. The van der Waals surface area contributed by atoms with Gasteiger partial charge in [0.25, 0.3) is 0 Å². The molecule has 17 heavy (non-hydrogen) atoms. The Kier molecular flexibility index (Phi) is 6.11. The second-order valence-corrected chi connectivity index (χ2v) is 3.78. The minimum atomic E-state index is -0.280. The van der Waals surface area contributed by atoms with Gasteiger partial charge in [-0.1, -0.05) is 0 Å². The van der Waals surface area contributed by atoms with Crippen molar-refractivity contribution >= 4 is 0 Å². The molecule has 1 N–H and O–H groups in total. The number of pyridine rings is 1. The molecule has 1 aromatic rings. The summed E-state index contributed by atoms with van der Waals surface area (Å²) in [5.41, 5.74) is 2.30. The maximum absolute atomic E-state index is 5.63. The summed E-state index contributed by atoms with van der Waals surface area (Å²) in [5, 5.41) is 3.24. The van der Waals surface area contributed by atoms with Crippen molar-refractivity contribution in [3.05, 3.63) is 29.6 Å². The first-order valence-electron chi connectivity index (χ1n) is 6.05. The fourth-order valence-corrected chi connectivity index (χ4v) is 1.81. The van der Waals surface area contributed by atoms with E-state index in [1.165, 1.54) is 5.56 Å². The highest BCUT2D eigenvalue weighted by atomic mass is 16.7. The first-order valence-corrected chi connectivity index (χ1v) is 6.05. The van der Waals surface area contributed by atoms with Gasteiger partial charge in [0.2, 0.25) is 0 Å². The lowest BCUT2D eigenvalue weighted by Gasteiger charge is -2.27. The van der Waals surface area contributed by atoms with E-state index < -0.39 is 0 Å². The first kappa shape index (κ1) is 14.1. The van der Waals surface area contributed by atoms with E-state index in [2.05, 4.69) is 17.2 Å². The van der Waals surface area contributed by atoms with Crippen molar-refractivity contribution in [2.45, 2.75) is 33.1 Å². The molecule has 0 radical (unpaired) electrons. The van der Waals surface area contributed by atoms with Crippen molar-refractivity contribution in [3.63, 3.8) is 0 Å². The van der Waals surface area contributed by atoms with E-state index in [0.29, 0.717) is 13.2 Å². The smallest absolute Gasteiger partial charge is 0.176 e. The number of rotatable bonds is 7. The van der Waals surface area contributed by atoms with Crippen molar-refractivity contribution in [2.75, 3.05) is 20.3 Å². The van der Waals surface area contributed by atoms with Crippen LogP contribution in [0.15, 0.2) is 18.5 Å². The van der Waals surface area contributed by atoms with E-state index in [1.807, 2.05) is 33.2 Å². The van der Waals surface area contributed by atoms with Crippen LogP contribution in [0.5, 0.6) is 0 Å². The van der Waals surface area contributed by atoms with Gasteiger partial charge in [-0.15, -0.1) is 0 Å². The van der Waals surface area contributed by atoms with Crippen LogP contribution >= 0.6 is 0 Å². The van der Waals surface area contributed by atoms with Gasteiger partial charge < -0.3 is 14.8 Å². The van der Waals surface area contributed by atoms with Crippen LogP contribution < -0.4 is 5.32 Å². The second-order valence-electron chi connectivity index (χ2n) is 3.78. The molecule has 4 heteroatoms. The third-order valence-electron chi connectivity index (χ3n) is 2.66. The summed E-state index contributed by atoms with van der Waals surface area (Å²) >= 11 is 0. The van der Waals surface area contributed by atoms with Gasteiger partial charge in [-0.25, -0.2) is 0 Å². The number of aromatic nitrogens is 1. The lowest BCUT2D eigenvalue weighted by molar-refractivity contribution is -0.154. The molecule has 0 aliphatic carbocycles. The lowest BCUT2D eigenvalue weighted by atomic mass is 10.0. The molecule has 0 aliphatic rings. The summed E-state index contributed by atoms with van der Waals surface area (Å²) in [5.74, 6) is 0. The van der Waals surface area contributed by atoms with Crippen LogP contribution in [0.1, 0.15) is 31.0 Å². The molecule has 4 nitrogen and oxygen atoms in total. The van der Waals surface area contributed by atoms with E-state index in [1.54, 1.807) is 6.20 Å². The van der Waals surface area contributed by atoms with Gasteiger partial charge in [0.15, 0.2) is 6.29 Å². The highest BCUT2D eigenvalue weighted by molar-refractivity contribution is 5.25. The molecule has 0 saturated heterocycles. The fourth-order valence-electron chi connectivity index (χ4n) is 1.81. The number of nitrogens with one attached hydrogen (secondary N) is 1. The van der Waals surface area contributed by atoms with E-state index in [9.17, 15) is 0 Å². The van der Waals surface area contributed by atoms with Crippen molar-refractivity contribution in [1.82, 2.24) is 10.3 Å². The van der Waals surface area contributed by atoms with E-state index in [-0.39, 0.29) is 12.3 Å². The van der Waals surface area contributed by atoms with Crippen molar-refractivity contribution < 1.29 is 9.47 Å². The Labute approximate surface area is 103 Å². The number of ether oxygens (including phenoxy) is 2. The van der Waals surface area contributed by atoms with Crippen molar-refractivity contribution in [2.24, 2.45) is 0 Å². The van der Waals surface area contributed by atoms with Gasteiger partial charge in [-0.3, -0.25) is 4.98 Å². The average molecular weight is 238 g/mol. The molecular formula is C13H22N2O2. The minimum Gasteiger partial charge on any atom is -0.351 e. The Morgan fingerprint density at radius 2 is 1.94 bits per heavy atom. The van der Waals surface area contributed by atoms with E-state index in [0.717, 1.165) is 5.56 Å². The minimum absolute atomic E-state index is 0.00333. The summed E-state index contributed by atoms with van der Waals surface area (Å²) in [7, 11) is 1.90. The molecule has 0 aromatic carbocycles. The highest BCUT2D eigenvalue weighted by Gasteiger charge is 2.23. The number of nitrogens with zero attached hydrogens (tertiary/aromatic N) is 1. The molecule has 1 heterocycles. The Bertz CT molecular complexity index is 325. The van der Waals surface area contributed by atoms with Crippen LogP contribution in [0.2, 0.25) is 0 Å². The summed E-state index contributed by atoms with van der Waals surface area (Å²) < 4.78 is 11.3. The average Bonchev–Trinajstić information content (AvgIpc) is 2.33. The normalized spacial score (nSPS) is 13.0. The predicted octanol–water partition coefficient (Wildman–Crippen LogP) is 2.05. The fraction of sp³-hybridized carbons (Fsp3) is 0.615. The predicted molar refractivity (Wildman–Crippen MR) is 67.8 cm³/mol. The SMILES string of the molecule is CCOC(OCC)C(NC)c1cnccc1C. The van der Waals surface area contributed by atoms with E-state index in [4.69, 9.17) is 9.47 Å². The summed E-state index contributed by atoms with van der Waals surface area (Å²) in [4.78, 5) is 4.17. The lowest BCUT2D eigenvalue weighted by Crippen LogP contribution is -2.34. The third kappa shape index (κ3) is 3.77. The maximum atomic E-state index is 5.63. The molecule has 1 rings (SSSR count). The first-order chi connectivity index (χ1) is 8.24. The molecule has 1 aromatic heterocycles. The topological polar surface area (TPSA) is 43.4 Å². The Balaban J connectivity index is 2.91. The zero-order chi connectivity index (χ0) is 12.7. The van der Waals surface area contributed by atoms with Gasteiger partial charge in [-0.2, -0.15) is 0 Å². The zero-order valence-corrected chi connectivity index (χ0v) is 11.1. The molecule has 1 unspecified atom stereocenters. The Morgan fingerprint density at radius 3 is 2.41 bits per heavy atom. The van der Waals surface area contributed by atoms with Gasteiger partial charge in [0, 0.05) is 25.6 Å². The molecule has 0 amide bonds. The standard InChI is InChI=1S/C13H22N2O2/c1-5-16-13(17-6-2)12(14-4)11-9-15-8-7-10(11)3/h7-9,12-14H,5-6H2,1-4H3. The summed E-state index contributed by atoms with van der Waals surface area (Å²) in [6.45, 7) is 7.25. The Hall–Kier alpha value is -0.970. The third-order valence-corrected chi connectivity index (χ3v) is 2.66. The van der Waals surface area contributed by atoms with Crippen LogP contribution in [0.3, 0.4) is 0 Å². The monoisotopic (exact) mass is 238 g/mol. The van der Waals surface area contributed by atoms with Crippen molar-refractivity contribution in [3.8, 4) is 0 Å². The number of likely N-dealkylation sites (N-methyl/N-ethyl adjacent to an activating group) is 1. The number of aryl methyl sites for hydroxylation is 1. The molecule has 0 aliphatic heterocycles.